The van der Waals surface area contributed by atoms with Crippen LogP contribution in [0.2, 0.25) is 0 Å². The first kappa shape index (κ1) is 29.2. The van der Waals surface area contributed by atoms with Crippen molar-refractivity contribution in [2.75, 3.05) is 11.1 Å². The van der Waals surface area contributed by atoms with Crippen molar-refractivity contribution >= 4 is 52.1 Å². The van der Waals surface area contributed by atoms with Gasteiger partial charge in [0.25, 0.3) is 11.8 Å². The smallest absolute Gasteiger partial charge is 0.272 e. The lowest BCUT2D eigenvalue weighted by Crippen LogP contribution is -2.30. The lowest BCUT2D eigenvalue weighted by molar-refractivity contribution is -0.113. The molecule has 6 rings (SSSR count). The maximum absolute atomic E-state index is 13.5. The van der Waals surface area contributed by atoms with Crippen LogP contribution in [0.4, 0.5) is 5.69 Å². The van der Waals surface area contributed by atoms with Crippen LogP contribution in [0.1, 0.15) is 50.4 Å². The fourth-order valence-corrected chi connectivity index (χ4v) is 6.42. The summed E-state index contributed by atoms with van der Waals surface area (Å²) in [6, 6.07) is 32.1. The topological polar surface area (TPSA) is 80.2 Å². The second kappa shape index (κ2) is 13.2. The van der Waals surface area contributed by atoms with Crippen LogP contribution in [0.25, 0.3) is 17.0 Å². The second-order valence-electron chi connectivity index (χ2n) is 10.9. The van der Waals surface area contributed by atoms with Gasteiger partial charge < -0.3 is 10.6 Å². The Balaban J connectivity index is 1.15. The molecule has 0 radical (unpaired) electrons. The Bertz CT molecular complexity index is 1870. The highest BCUT2D eigenvalue weighted by Gasteiger charge is 2.23. The lowest BCUT2D eigenvalue weighted by Gasteiger charge is -2.15. The number of para-hydroxylation sites is 1. The Morgan fingerprint density at radius 1 is 0.818 bits per heavy atom. The van der Waals surface area contributed by atoms with E-state index in [2.05, 4.69) is 16.7 Å². The zero-order valence-corrected chi connectivity index (χ0v) is 25.3. The molecular weight excluding hydrogens is 566 g/mol. The molecule has 5 aromatic rings. The number of anilines is 1. The summed E-state index contributed by atoms with van der Waals surface area (Å²) in [6.45, 7) is 1.95. The van der Waals surface area contributed by atoms with Gasteiger partial charge in [-0.1, -0.05) is 60.7 Å². The normalized spacial score (nSPS) is 12.9. The highest BCUT2D eigenvalue weighted by atomic mass is 32.2. The number of benzene rings is 4. The Morgan fingerprint density at radius 2 is 1.52 bits per heavy atom. The fraction of sp³-hybridized carbons (Fsp3) is 0.162. The minimum Gasteiger partial charge on any atom is -0.321 e. The van der Waals surface area contributed by atoms with Crippen LogP contribution in [0.3, 0.4) is 0 Å². The number of fused-ring (bicyclic) bond motifs is 3. The molecule has 2 amide bonds. The highest BCUT2D eigenvalue weighted by Crippen LogP contribution is 2.33. The van der Waals surface area contributed by atoms with E-state index in [0.29, 0.717) is 17.0 Å². The van der Waals surface area contributed by atoms with E-state index in [0.717, 1.165) is 52.9 Å². The maximum Gasteiger partial charge on any atom is 0.272 e. The number of hydrogen-bond donors (Lipinski definition) is 2. The number of nitrogens with one attached hydrogen (secondary N) is 2. The molecule has 1 aliphatic rings. The summed E-state index contributed by atoms with van der Waals surface area (Å²) in [6.07, 6.45) is 5.91. The molecule has 1 heterocycles. The molecule has 6 nitrogen and oxygen atoms in total. The van der Waals surface area contributed by atoms with Gasteiger partial charge in [-0.25, -0.2) is 0 Å². The van der Waals surface area contributed by atoms with Crippen molar-refractivity contribution in [3.63, 3.8) is 0 Å². The average Bonchev–Trinajstić information content (AvgIpc) is 3.40. The molecule has 44 heavy (non-hydrogen) atoms. The summed E-state index contributed by atoms with van der Waals surface area (Å²) in [5.74, 6) is -0.413. The number of amides is 2. The molecule has 1 aliphatic carbocycles. The third-order valence-corrected chi connectivity index (χ3v) is 8.92. The van der Waals surface area contributed by atoms with Crippen LogP contribution >= 0.6 is 11.8 Å². The van der Waals surface area contributed by atoms with E-state index in [-0.39, 0.29) is 17.5 Å². The Morgan fingerprint density at radius 3 is 2.32 bits per heavy atom. The third-order valence-electron chi connectivity index (χ3n) is 7.92. The zero-order chi connectivity index (χ0) is 30.5. The predicted molar refractivity (Wildman–Crippen MR) is 178 cm³/mol. The molecule has 0 saturated carbocycles. The molecule has 0 saturated heterocycles. The van der Waals surface area contributed by atoms with E-state index in [1.54, 1.807) is 30.3 Å². The van der Waals surface area contributed by atoms with Gasteiger partial charge in [-0.15, -0.1) is 11.8 Å². The van der Waals surface area contributed by atoms with Crippen molar-refractivity contribution in [2.45, 2.75) is 37.5 Å². The number of carbonyl (C=O) groups excluding carboxylic acids is 3. The van der Waals surface area contributed by atoms with Crippen LogP contribution in [-0.4, -0.2) is 28.0 Å². The number of carbonyl (C=O) groups is 3. The number of rotatable bonds is 8. The van der Waals surface area contributed by atoms with E-state index < -0.39 is 5.91 Å². The average molecular weight is 600 g/mol. The molecular formula is C37H33N3O3S. The Labute approximate surface area is 261 Å². The SMILES string of the molecule is Cc1ccccc1/C=C(\NC(=O)c1ccccc1)C(=O)Nc1ccc(SCC(=O)n2c3c(c4ccccc42)CCCC3)cc1. The van der Waals surface area contributed by atoms with Gasteiger partial charge in [0.2, 0.25) is 5.91 Å². The first-order valence-electron chi connectivity index (χ1n) is 14.8. The van der Waals surface area contributed by atoms with E-state index in [9.17, 15) is 14.4 Å². The van der Waals surface area contributed by atoms with Gasteiger partial charge in [0.1, 0.15) is 5.70 Å². The molecule has 0 bridgehead atoms. The van der Waals surface area contributed by atoms with Gasteiger partial charge in [0.15, 0.2) is 0 Å². The number of aryl methyl sites for hydroxylation is 2. The van der Waals surface area contributed by atoms with Crippen LogP contribution < -0.4 is 10.6 Å². The predicted octanol–water partition coefficient (Wildman–Crippen LogP) is 7.67. The van der Waals surface area contributed by atoms with Gasteiger partial charge in [-0.05, 0) is 97.8 Å². The third kappa shape index (κ3) is 6.38. The number of hydrogen-bond acceptors (Lipinski definition) is 4. The van der Waals surface area contributed by atoms with Crippen LogP contribution in [0.5, 0.6) is 0 Å². The van der Waals surface area contributed by atoms with Crippen molar-refractivity contribution in [1.29, 1.82) is 0 Å². The summed E-state index contributed by atoms with van der Waals surface area (Å²) >= 11 is 1.48. The largest absolute Gasteiger partial charge is 0.321 e. The number of nitrogens with zero attached hydrogens (tertiary/aromatic N) is 1. The fourth-order valence-electron chi connectivity index (χ4n) is 5.67. The van der Waals surface area contributed by atoms with Crippen molar-refractivity contribution < 1.29 is 14.4 Å². The van der Waals surface area contributed by atoms with Gasteiger partial charge in [0, 0.05) is 27.2 Å². The monoisotopic (exact) mass is 599 g/mol. The molecule has 2 N–H and O–H groups in total. The minimum atomic E-state index is -0.433. The van der Waals surface area contributed by atoms with E-state index in [1.165, 1.54) is 22.7 Å². The van der Waals surface area contributed by atoms with Crippen molar-refractivity contribution in [3.8, 4) is 0 Å². The molecule has 0 aliphatic heterocycles. The number of aromatic nitrogens is 1. The minimum absolute atomic E-state index is 0.0758. The van der Waals surface area contributed by atoms with E-state index in [1.807, 2.05) is 84.3 Å². The highest BCUT2D eigenvalue weighted by molar-refractivity contribution is 8.00. The van der Waals surface area contributed by atoms with Crippen LogP contribution in [-0.2, 0) is 17.6 Å². The molecule has 0 atom stereocenters. The molecule has 0 spiro atoms. The standard InChI is InChI=1S/C37H33N3O3S/c1-25-11-5-6-14-27(25)23-32(39-36(42)26-12-3-2-4-13-26)37(43)38-28-19-21-29(22-20-28)44-24-35(41)40-33-17-9-7-15-30(33)31-16-8-10-18-34(31)40/h2-7,9,11-15,17,19-23H,8,10,16,18,24H2,1H3,(H,38,43)(H,39,42)/b32-23-. The Kier molecular flexibility index (Phi) is 8.75. The molecule has 7 heteroatoms. The van der Waals surface area contributed by atoms with Crippen molar-refractivity contribution in [3.05, 3.63) is 137 Å². The molecule has 0 unspecified atom stereocenters. The first-order valence-corrected chi connectivity index (χ1v) is 15.8. The van der Waals surface area contributed by atoms with Crippen LogP contribution in [0, 0.1) is 6.92 Å². The lowest BCUT2D eigenvalue weighted by atomic mass is 9.96. The van der Waals surface area contributed by atoms with Crippen LogP contribution in [0.15, 0.2) is 114 Å². The zero-order valence-electron chi connectivity index (χ0n) is 24.5. The van der Waals surface area contributed by atoms with E-state index >= 15 is 0 Å². The Hall–Kier alpha value is -4.88. The second-order valence-corrected chi connectivity index (χ2v) is 11.9. The summed E-state index contributed by atoms with van der Waals surface area (Å²) in [5.41, 5.74) is 6.48. The van der Waals surface area contributed by atoms with Crippen molar-refractivity contribution in [2.24, 2.45) is 0 Å². The van der Waals surface area contributed by atoms with Gasteiger partial charge >= 0.3 is 0 Å². The van der Waals surface area contributed by atoms with E-state index in [4.69, 9.17) is 0 Å². The van der Waals surface area contributed by atoms with Gasteiger partial charge in [0.05, 0.1) is 11.3 Å². The number of thioether (sulfide) groups is 1. The van der Waals surface area contributed by atoms with Gasteiger partial charge in [-0.2, -0.15) is 0 Å². The maximum atomic E-state index is 13.5. The molecule has 0 fully saturated rings. The molecule has 1 aromatic heterocycles. The van der Waals surface area contributed by atoms with Gasteiger partial charge in [-0.3, -0.25) is 19.0 Å². The summed E-state index contributed by atoms with van der Waals surface area (Å²) in [5, 5.41) is 6.88. The quantitative estimate of drug-likeness (QED) is 0.142. The van der Waals surface area contributed by atoms with Crippen molar-refractivity contribution in [1.82, 2.24) is 9.88 Å². The summed E-state index contributed by atoms with van der Waals surface area (Å²) in [4.78, 5) is 40.7. The molecule has 220 valence electrons. The summed E-state index contributed by atoms with van der Waals surface area (Å²) in [7, 11) is 0. The first-order chi connectivity index (χ1) is 21.5. The molecule has 4 aromatic carbocycles. The summed E-state index contributed by atoms with van der Waals surface area (Å²) < 4.78 is 1.93.